The van der Waals surface area contributed by atoms with E-state index in [4.69, 9.17) is 14.2 Å². The molecule has 1 heterocycles. The topological polar surface area (TPSA) is 51.8 Å². The van der Waals surface area contributed by atoms with E-state index in [0.717, 1.165) is 58.3 Å². The number of halogens is 1. The highest BCUT2D eigenvalue weighted by Gasteiger charge is 2.17. The Balaban J connectivity index is 2.18. The van der Waals surface area contributed by atoms with Crippen LogP contribution in [0.3, 0.4) is 0 Å². The first-order valence-electron chi connectivity index (χ1n) is 11.7. The van der Waals surface area contributed by atoms with Crippen molar-refractivity contribution in [1.29, 1.82) is 0 Å². The Morgan fingerprint density at radius 3 is 2.61 bits per heavy atom. The quantitative estimate of drug-likeness (QED) is 0.107. The first kappa shape index (κ1) is 26.6. The third kappa shape index (κ3) is 13.7. The molecule has 4 atom stereocenters. The van der Waals surface area contributed by atoms with Crippen LogP contribution in [0.15, 0.2) is 0 Å². The van der Waals surface area contributed by atoms with E-state index in [9.17, 15) is 0 Å². The van der Waals surface area contributed by atoms with Crippen LogP contribution >= 0.6 is 22.9 Å². The Bertz CT molecular complexity index is 344. The Hall–Kier alpha value is 0.530. The Labute approximate surface area is 187 Å². The second-order valence-electron chi connectivity index (χ2n) is 8.13. The summed E-state index contributed by atoms with van der Waals surface area (Å²) in [6.07, 6.45) is 15.4. The molecule has 0 aromatic heterocycles. The number of unbranched alkanes of at least 4 members (excludes halogenated alkanes) is 1. The second-order valence-corrected chi connectivity index (χ2v) is 8.67. The van der Waals surface area contributed by atoms with E-state index < -0.39 is 0 Å². The maximum atomic E-state index is 6.32. The number of nitrogens with one attached hydrogen (secondary N) is 2. The highest BCUT2D eigenvalue weighted by Crippen LogP contribution is 2.19. The van der Waals surface area contributed by atoms with Gasteiger partial charge in [0, 0.05) is 42.6 Å². The van der Waals surface area contributed by atoms with Crippen LogP contribution < -0.4 is 9.06 Å². The number of rotatable bonds is 18. The van der Waals surface area contributed by atoms with Crippen LogP contribution in [0.4, 0.5) is 0 Å². The lowest BCUT2D eigenvalue weighted by Crippen LogP contribution is -2.25. The number of hydrazine groups is 1. The number of hydrogen-bond donors (Lipinski definition) is 2. The smallest absolute Gasteiger partial charge is 0.0597 e. The van der Waals surface area contributed by atoms with Crippen molar-refractivity contribution >= 4 is 22.9 Å². The molecule has 2 N–H and O–H groups in total. The molecule has 0 saturated carbocycles. The minimum Gasteiger partial charge on any atom is -0.378 e. The molecule has 0 aliphatic carbocycles. The maximum absolute atomic E-state index is 6.32. The zero-order chi connectivity index (χ0) is 20.5. The van der Waals surface area contributed by atoms with E-state index in [1.54, 1.807) is 0 Å². The molecule has 168 valence electrons. The predicted octanol–water partition coefficient (Wildman–Crippen LogP) is 5.71. The molecule has 0 amide bonds. The molecule has 1 aliphatic heterocycles. The summed E-state index contributed by atoms with van der Waals surface area (Å²) in [5, 5.41) is 0. The van der Waals surface area contributed by atoms with Crippen LogP contribution in [0.2, 0.25) is 0 Å². The Morgan fingerprint density at radius 2 is 1.93 bits per heavy atom. The van der Waals surface area contributed by atoms with E-state index in [-0.39, 0.29) is 0 Å². The fourth-order valence-corrected chi connectivity index (χ4v) is 4.12. The standard InChI is InChI=1S/C22H45IN2O3/c1-4-10-21(27-18-15-22-12-7-9-17-26-22)14-13-19(3)28-20(5-2)11-6-8-16-24-25-23/h19-22,24-25H,4-18H2,1-3H3/t19-,20?,21+,22+/m1/s1. The summed E-state index contributed by atoms with van der Waals surface area (Å²) in [5.74, 6) is 0. The molecule has 1 saturated heterocycles. The van der Waals surface area contributed by atoms with E-state index in [1.165, 1.54) is 38.5 Å². The Morgan fingerprint density at radius 1 is 1.07 bits per heavy atom. The van der Waals surface area contributed by atoms with Gasteiger partial charge in [0.25, 0.3) is 0 Å². The van der Waals surface area contributed by atoms with Gasteiger partial charge in [-0.1, -0.05) is 20.3 Å². The molecule has 0 spiro atoms. The van der Waals surface area contributed by atoms with Gasteiger partial charge in [-0.25, -0.2) is 5.43 Å². The van der Waals surface area contributed by atoms with Gasteiger partial charge in [-0.3, -0.25) is 0 Å². The summed E-state index contributed by atoms with van der Waals surface area (Å²) in [6.45, 7) is 9.48. The number of ether oxygens (including phenoxy) is 3. The van der Waals surface area contributed by atoms with Crippen LogP contribution in [0.5, 0.6) is 0 Å². The molecule has 0 aromatic rings. The molecule has 28 heavy (non-hydrogen) atoms. The zero-order valence-electron chi connectivity index (χ0n) is 18.5. The van der Waals surface area contributed by atoms with Crippen LogP contribution in [0, 0.1) is 0 Å². The summed E-state index contributed by atoms with van der Waals surface area (Å²) in [6, 6.07) is 0. The Kier molecular flexibility index (Phi) is 17.4. The summed E-state index contributed by atoms with van der Waals surface area (Å²) in [4.78, 5) is 0. The monoisotopic (exact) mass is 512 g/mol. The van der Waals surface area contributed by atoms with Crippen molar-refractivity contribution < 1.29 is 14.2 Å². The van der Waals surface area contributed by atoms with Gasteiger partial charge in [-0.2, -0.15) is 3.64 Å². The van der Waals surface area contributed by atoms with Crippen molar-refractivity contribution in [2.45, 2.75) is 122 Å². The molecule has 0 radical (unpaired) electrons. The SMILES string of the molecule is CCC[C@@H](CC[C@@H](C)OC(CC)CCCCNNI)OCC[C@@H]1CCCCO1. The van der Waals surface area contributed by atoms with Crippen molar-refractivity contribution in [2.75, 3.05) is 19.8 Å². The average molecular weight is 513 g/mol. The normalized spacial score (nSPS) is 20.8. The van der Waals surface area contributed by atoms with E-state index in [0.29, 0.717) is 24.4 Å². The van der Waals surface area contributed by atoms with E-state index in [1.807, 2.05) is 0 Å². The molecule has 6 heteroatoms. The van der Waals surface area contributed by atoms with Crippen LogP contribution in [-0.4, -0.2) is 44.2 Å². The van der Waals surface area contributed by atoms with Crippen molar-refractivity contribution in [3.63, 3.8) is 0 Å². The lowest BCUT2D eigenvalue weighted by atomic mass is 10.0. The minimum atomic E-state index is 0.309. The first-order valence-corrected chi connectivity index (χ1v) is 12.7. The van der Waals surface area contributed by atoms with Gasteiger partial charge in [0.15, 0.2) is 0 Å². The highest BCUT2D eigenvalue weighted by molar-refractivity contribution is 14.1. The van der Waals surface area contributed by atoms with Gasteiger partial charge in [-0.15, -0.1) is 0 Å². The maximum Gasteiger partial charge on any atom is 0.0597 e. The summed E-state index contributed by atoms with van der Waals surface area (Å²) < 4.78 is 21.3. The average Bonchev–Trinajstić information content (AvgIpc) is 2.71. The minimum absolute atomic E-state index is 0.309. The second kappa shape index (κ2) is 18.3. The van der Waals surface area contributed by atoms with Gasteiger partial charge < -0.3 is 14.2 Å². The molecule has 1 rings (SSSR count). The van der Waals surface area contributed by atoms with Gasteiger partial charge in [0.05, 0.1) is 24.4 Å². The highest BCUT2D eigenvalue weighted by atomic mass is 127. The van der Waals surface area contributed by atoms with Crippen LogP contribution in [-0.2, 0) is 14.2 Å². The lowest BCUT2D eigenvalue weighted by molar-refractivity contribution is -0.0395. The largest absolute Gasteiger partial charge is 0.378 e. The van der Waals surface area contributed by atoms with Crippen molar-refractivity contribution in [3.8, 4) is 0 Å². The predicted molar refractivity (Wildman–Crippen MR) is 126 cm³/mol. The third-order valence-electron chi connectivity index (χ3n) is 5.60. The summed E-state index contributed by atoms with van der Waals surface area (Å²) >= 11 is 2.11. The molecule has 1 aliphatic rings. The molecular weight excluding hydrogens is 467 g/mol. The van der Waals surface area contributed by atoms with Gasteiger partial charge in [0.2, 0.25) is 0 Å². The first-order chi connectivity index (χ1) is 13.7. The molecule has 0 aromatic carbocycles. The van der Waals surface area contributed by atoms with Crippen LogP contribution in [0.1, 0.15) is 97.8 Å². The molecule has 0 bridgehead atoms. The van der Waals surface area contributed by atoms with Gasteiger partial charge >= 0.3 is 0 Å². The summed E-state index contributed by atoms with van der Waals surface area (Å²) in [7, 11) is 0. The number of hydrogen-bond acceptors (Lipinski definition) is 5. The van der Waals surface area contributed by atoms with Gasteiger partial charge in [0.1, 0.15) is 0 Å². The lowest BCUT2D eigenvalue weighted by Gasteiger charge is -2.25. The summed E-state index contributed by atoms with van der Waals surface area (Å²) in [5.41, 5.74) is 3.14. The fraction of sp³-hybridized carbons (Fsp3) is 1.00. The molecule has 1 unspecified atom stereocenters. The molecular formula is C22H45IN2O3. The van der Waals surface area contributed by atoms with E-state index in [2.05, 4.69) is 52.7 Å². The zero-order valence-corrected chi connectivity index (χ0v) is 20.7. The van der Waals surface area contributed by atoms with Crippen molar-refractivity contribution in [1.82, 2.24) is 9.06 Å². The van der Waals surface area contributed by atoms with Crippen LogP contribution in [0.25, 0.3) is 0 Å². The van der Waals surface area contributed by atoms with Gasteiger partial charge in [-0.05, 0) is 77.6 Å². The molecule has 1 fully saturated rings. The van der Waals surface area contributed by atoms with E-state index >= 15 is 0 Å². The van der Waals surface area contributed by atoms with Crippen molar-refractivity contribution in [2.24, 2.45) is 0 Å². The third-order valence-corrected chi connectivity index (χ3v) is 5.98. The van der Waals surface area contributed by atoms with Crippen molar-refractivity contribution in [3.05, 3.63) is 0 Å². The fourth-order valence-electron chi connectivity index (χ4n) is 3.85. The molecule has 5 nitrogen and oxygen atoms in total.